The molecular weight excluding hydrogens is 503 g/mol. The first-order chi connectivity index (χ1) is 17.1. The van der Waals surface area contributed by atoms with Gasteiger partial charge in [-0.1, -0.05) is 59.8 Å². The van der Waals surface area contributed by atoms with E-state index in [0.29, 0.717) is 0 Å². The number of aromatic nitrogens is 3. The van der Waals surface area contributed by atoms with Gasteiger partial charge >= 0.3 is 0 Å². The van der Waals surface area contributed by atoms with E-state index in [4.69, 9.17) is 4.74 Å². The molecule has 5 rings (SSSR count). The first-order valence-electron chi connectivity index (χ1n) is 13.1. The minimum absolute atomic E-state index is 0.345. The molecule has 7 heteroatoms. The Kier molecular flexibility index (Phi) is 8.52. The summed E-state index contributed by atoms with van der Waals surface area (Å²) >= 11 is 4.84. The number of aryl methyl sites for hydroxylation is 2. The third-order valence-electron chi connectivity index (χ3n) is 6.77. The Labute approximate surface area is 228 Å². The van der Waals surface area contributed by atoms with E-state index in [-0.39, 0.29) is 5.60 Å². The molecule has 0 spiro atoms. The molecule has 1 atom stereocenters. The average molecular weight is 542 g/mol. The molecule has 36 heavy (non-hydrogen) atoms. The molecule has 4 aromatic rings. The maximum atomic E-state index is 6.28. The minimum atomic E-state index is -0.345. The fraction of sp³-hybridized carbons (Fsp3) is 0.552. The van der Waals surface area contributed by atoms with Crippen LogP contribution < -0.4 is 4.74 Å². The zero-order chi connectivity index (χ0) is 26.0. The van der Waals surface area contributed by atoms with Crippen LogP contribution >= 0.6 is 34.4 Å². The number of nitrogens with zero attached hydrogens (tertiary/aromatic N) is 3. The molecule has 0 fully saturated rings. The maximum absolute atomic E-state index is 6.28. The molecule has 0 saturated carbocycles. The van der Waals surface area contributed by atoms with Crippen LogP contribution in [-0.2, 0) is 5.60 Å². The minimum Gasteiger partial charge on any atom is -0.482 e. The normalized spacial score (nSPS) is 14.7. The monoisotopic (exact) mass is 541 g/mol. The lowest BCUT2D eigenvalue weighted by molar-refractivity contribution is 0.107. The lowest BCUT2D eigenvalue weighted by atomic mass is 9.94. The fourth-order valence-corrected chi connectivity index (χ4v) is 7.79. The summed E-state index contributed by atoms with van der Waals surface area (Å²) in [5, 5.41) is 0. The van der Waals surface area contributed by atoms with Crippen LogP contribution in [0.15, 0.2) is 18.3 Å². The van der Waals surface area contributed by atoms with Crippen molar-refractivity contribution in [1.82, 2.24) is 13.7 Å². The van der Waals surface area contributed by atoms with Crippen LogP contribution in [0.25, 0.3) is 31.2 Å². The Morgan fingerprint density at radius 2 is 1.69 bits per heavy atom. The quantitative estimate of drug-likeness (QED) is 0.233. The van der Waals surface area contributed by atoms with E-state index in [0.717, 1.165) is 39.9 Å². The summed E-state index contributed by atoms with van der Waals surface area (Å²) in [5.74, 6) is 2.85. The van der Waals surface area contributed by atoms with Gasteiger partial charge in [0.15, 0.2) is 0 Å². The molecule has 5 heterocycles. The van der Waals surface area contributed by atoms with Crippen LogP contribution in [0.4, 0.5) is 0 Å². The molecule has 0 radical (unpaired) electrons. The highest BCUT2D eigenvalue weighted by molar-refractivity contribution is 7.24. The standard InChI is InChI=1S/C18H15N3OS3.C11H24/c1-8-5-12-17(23-8)16-11(18(3,4)22-12)6-13(24-16)10-7-19-9(2)14-15(10)21-25-20-14;1-5-7-11(4)9-6-8-10(2)3/h5-7H,1-4H3;10-11H,5-9H2,1-4H3. The van der Waals surface area contributed by atoms with Crippen LogP contribution in [0.1, 0.15) is 89.8 Å². The van der Waals surface area contributed by atoms with Crippen LogP contribution in [0, 0.1) is 25.7 Å². The summed E-state index contributed by atoms with van der Waals surface area (Å²) in [6.07, 6.45) is 8.96. The Bertz CT molecular complexity index is 1310. The van der Waals surface area contributed by atoms with E-state index in [1.807, 2.05) is 13.1 Å². The van der Waals surface area contributed by atoms with Crippen LogP contribution in [0.2, 0.25) is 0 Å². The van der Waals surface area contributed by atoms with Crippen LogP contribution in [0.3, 0.4) is 0 Å². The molecule has 0 bridgehead atoms. The SMILES string of the molecule is CCCC(C)CCCC(C)C.Cc1cc2c(s1)-c1sc(-c3cnc(C)c4nsnc34)cc1C(C)(C)O2. The zero-order valence-corrected chi connectivity index (χ0v) is 25.3. The maximum Gasteiger partial charge on any atom is 0.140 e. The Balaban J connectivity index is 0.000000237. The van der Waals surface area contributed by atoms with Gasteiger partial charge in [-0.3, -0.25) is 4.98 Å². The van der Waals surface area contributed by atoms with Gasteiger partial charge < -0.3 is 4.74 Å². The van der Waals surface area contributed by atoms with Gasteiger partial charge in [-0.05, 0) is 51.7 Å². The highest BCUT2D eigenvalue weighted by Crippen LogP contribution is 2.54. The number of fused-ring (bicyclic) bond motifs is 4. The first kappa shape index (κ1) is 27.2. The Morgan fingerprint density at radius 1 is 0.944 bits per heavy atom. The summed E-state index contributed by atoms with van der Waals surface area (Å²) in [5.41, 5.74) is 4.71. The molecule has 1 aliphatic rings. The summed E-state index contributed by atoms with van der Waals surface area (Å²) < 4.78 is 15.2. The van der Waals surface area contributed by atoms with E-state index < -0.39 is 0 Å². The van der Waals surface area contributed by atoms with Gasteiger partial charge in [0.2, 0.25) is 0 Å². The fourth-order valence-electron chi connectivity index (χ4n) is 4.77. The van der Waals surface area contributed by atoms with Crippen LogP contribution in [0.5, 0.6) is 5.75 Å². The van der Waals surface area contributed by atoms with E-state index in [1.54, 1.807) is 22.7 Å². The molecule has 4 nitrogen and oxygen atoms in total. The average Bonchev–Trinajstić information content (AvgIpc) is 3.53. The zero-order valence-electron chi connectivity index (χ0n) is 22.9. The Hall–Kier alpha value is -1.83. The molecule has 0 saturated heterocycles. The number of ether oxygens (including phenoxy) is 1. The van der Waals surface area contributed by atoms with Gasteiger partial charge in [-0.15, -0.1) is 22.7 Å². The molecular formula is C29H39N3OS3. The van der Waals surface area contributed by atoms with Crippen molar-refractivity contribution in [3.8, 4) is 25.9 Å². The van der Waals surface area contributed by atoms with Gasteiger partial charge in [0.1, 0.15) is 22.4 Å². The van der Waals surface area contributed by atoms with Crippen molar-refractivity contribution in [3.05, 3.63) is 34.5 Å². The van der Waals surface area contributed by atoms with E-state index in [9.17, 15) is 0 Å². The number of hydrogen-bond acceptors (Lipinski definition) is 7. The van der Waals surface area contributed by atoms with E-state index in [2.05, 4.69) is 74.3 Å². The van der Waals surface area contributed by atoms with Gasteiger partial charge in [-0.2, -0.15) is 8.75 Å². The van der Waals surface area contributed by atoms with Crippen molar-refractivity contribution in [2.75, 3.05) is 0 Å². The molecule has 0 N–H and O–H groups in total. The molecule has 0 aliphatic carbocycles. The molecule has 1 unspecified atom stereocenters. The second-order valence-electron chi connectivity index (χ2n) is 11.0. The molecule has 4 aromatic heterocycles. The third kappa shape index (κ3) is 5.84. The number of hydrogen-bond donors (Lipinski definition) is 0. The van der Waals surface area contributed by atoms with Crippen molar-refractivity contribution in [2.45, 2.75) is 93.1 Å². The van der Waals surface area contributed by atoms with Gasteiger partial charge in [-0.25, -0.2) is 0 Å². The number of thiophene rings is 2. The molecule has 0 amide bonds. The number of rotatable bonds is 7. The van der Waals surface area contributed by atoms with Crippen molar-refractivity contribution < 1.29 is 4.74 Å². The van der Waals surface area contributed by atoms with Crippen LogP contribution in [-0.4, -0.2) is 13.7 Å². The van der Waals surface area contributed by atoms with Crippen molar-refractivity contribution in [3.63, 3.8) is 0 Å². The second-order valence-corrected chi connectivity index (χ2v) is 13.8. The van der Waals surface area contributed by atoms with Gasteiger partial charge in [0.25, 0.3) is 0 Å². The summed E-state index contributed by atoms with van der Waals surface area (Å²) in [6.45, 7) is 17.6. The smallest absolute Gasteiger partial charge is 0.140 e. The van der Waals surface area contributed by atoms with E-state index >= 15 is 0 Å². The number of pyridine rings is 1. The topological polar surface area (TPSA) is 47.9 Å². The van der Waals surface area contributed by atoms with Gasteiger partial charge in [0.05, 0.1) is 27.2 Å². The van der Waals surface area contributed by atoms with Crippen molar-refractivity contribution in [1.29, 1.82) is 0 Å². The lowest BCUT2D eigenvalue weighted by Gasteiger charge is -2.31. The van der Waals surface area contributed by atoms with Gasteiger partial charge in [0, 0.05) is 27.1 Å². The lowest BCUT2D eigenvalue weighted by Crippen LogP contribution is -2.27. The third-order valence-corrected chi connectivity index (χ3v) is 9.66. The molecule has 194 valence electrons. The van der Waals surface area contributed by atoms with Crippen molar-refractivity contribution >= 4 is 45.4 Å². The highest BCUT2D eigenvalue weighted by atomic mass is 32.1. The summed E-state index contributed by atoms with van der Waals surface area (Å²) in [6, 6.07) is 4.38. The largest absolute Gasteiger partial charge is 0.482 e. The Morgan fingerprint density at radius 3 is 2.42 bits per heavy atom. The molecule has 0 aromatic carbocycles. The predicted molar refractivity (Wildman–Crippen MR) is 158 cm³/mol. The molecule has 1 aliphatic heterocycles. The summed E-state index contributed by atoms with van der Waals surface area (Å²) in [4.78, 5) is 9.51. The second kappa shape index (κ2) is 11.3. The first-order valence-corrected chi connectivity index (χ1v) is 15.5. The summed E-state index contributed by atoms with van der Waals surface area (Å²) in [7, 11) is 0. The predicted octanol–water partition coefficient (Wildman–Crippen LogP) is 10.0. The van der Waals surface area contributed by atoms with E-state index in [1.165, 1.54) is 68.9 Å². The van der Waals surface area contributed by atoms with Crippen molar-refractivity contribution in [2.24, 2.45) is 11.8 Å². The highest BCUT2D eigenvalue weighted by Gasteiger charge is 2.36.